The number of hydrogen-bond acceptors (Lipinski definition) is 4. The second-order valence-electron chi connectivity index (χ2n) is 6.55. The molecule has 1 heterocycles. The average Bonchev–Trinajstić information content (AvgIpc) is 2.68. The van der Waals surface area contributed by atoms with Crippen LogP contribution < -0.4 is 10.2 Å². The maximum atomic E-state index is 13.1. The average molecular weight is 395 g/mol. The van der Waals surface area contributed by atoms with Gasteiger partial charge in [-0.2, -0.15) is 0 Å². The molecule has 0 radical (unpaired) electrons. The van der Waals surface area contributed by atoms with Crippen LogP contribution in [0.2, 0.25) is 5.02 Å². The Balaban J connectivity index is 1.81. The number of hydrogen-bond donors (Lipinski definition) is 1. The molecule has 0 spiro atoms. The van der Waals surface area contributed by atoms with Gasteiger partial charge in [-0.15, -0.1) is 0 Å². The summed E-state index contributed by atoms with van der Waals surface area (Å²) in [6.45, 7) is 6.88. The summed E-state index contributed by atoms with van der Waals surface area (Å²) in [5, 5.41) is 3.96. The number of anilines is 2. The summed E-state index contributed by atoms with van der Waals surface area (Å²) in [5.41, 5.74) is 3.41. The second kappa shape index (κ2) is 8.85. The standard InChI is InChI=1S/C22H23ClN4O/c1-4-27(19-7-5-6-15(2)12-19)22(28)20-13-21(26-16(3)25-20)24-14-17-8-10-18(23)11-9-17/h5-13H,4,14H2,1-3H3,(H,24,25,26). The lowest BCUT2D eigenvalue weighted by Gasteiger charge is -2.21. The lowest BCUT2D eigenvalue weighted by Crippen LogP contribution is -2.31. The SMILES string of the molecule is CCN(C(=O)c1cc(NCc2ccc(Cl)cc2)nc(C)n1)c1cccc(C)c1. The first kappa shape index (κ1) is 19.8. The van der Waals surface area contributed by atoms with E-state index in [1.165, 1.54) is 0 Å². The Bertz CT molecular complexity index is 973. The molecule has 0 atom stereocenters. The van der Waals surface area contributed by atoms with Gasteiger partial charge in [-0.25, -0.2) is 9.97 Å². The minimum Gasteiger partial charge on any atom is -0.366 e. The van der Waals surface area contributed by atoms with Crippen molar-refractivity contribution in [1.82, 2.24) is 9.97 Å². The highest BCUT2D eigenvalue weighted by molar-refractivity contribution is 6.30. The Morgan fingerprint density at radius 2 is 1.82 bits per heavy atom. The number of carbonyl (C=O) groups excluding carboxylic acids is 1. The van der Waals surface area contributed by atoms with Crippen molar-refractivity contribution in [3.05, 3.63) is 82.3 Å². The first-order valence-corrected chi connectivity index (χ1v) is 9.56. The zero-order chi connectivity index (χ0) is 20.1. The molecule has 6 heteroatoms. The smallest absolute Gasteiger partial charge is 0.277 e. The van der Waals surface area contributed by atoms with Crippen LogP contribution in [0.3, 0.4) is 0 Å². The molecule has 0 aliphatic rings. The predicted octanol–water partition coefficient (Wildman–Crippen LogP) is 5.03. The van der Waals surface area contributed by atoms with Crippen molar-refractivity contribution in [2.24, 2.45) is 0 Å². The zero-order valence-corrected chi connectivity index (χ0v) is 17.0. The molecule has 0 saturated carbocycles. The normalized spacial score (nSPS) is 10.6. The molecule has 1 amide bonds. The number of nitrogens with zero attached hydrogens (tertiary/aromatic N) is 3. The van der Waals surface area contributed by atoms with Crippen LogP contribution in [-0.2, 0) is 6.54 Å². The number of benzene rings is 2. The molecular weight excluding hydrogens is 372 g/mol. The molecule has 144 valence electrons. The van der Waals surface area contributed by atoms with Gasteiger partial charge in [0.25, 0.3) is 5.91 Å². The molecule has 3 aromatic rings. The van der Waals surface area contributed by atoms with Gasteiger partial charge >= 0.3 is 0 Å². The number of aromatic nitrogens is 2. The monoisotopic (exact) mass is 394 g/mol. The molecule has 0 aliphatic carbocycles. The van der Waals surface area contributed by atoms with E-state index in [9.17, 15) is 4.79 Å². The van der Waals surface area contributed by atoms with Gasteiger partial charge in [-0.3, -0.25) is 4.79 Å². The second-order valence-corrected chi connectivity index (χ2v) is 6.99. The lowest BCUT2D eigenvalue weighted by atomic mass is 10.2. The van der Waals surface area contributed by atoms with E-state index >= 15 is 0 Å². The van der Waals surface area contributed by atoms with Crippen molar-refractivity contribution in [2.45, 2.75) is 27.3 Å². The van der Waals surface area contributed by atoms with E-state index in [-0.39, 0.29) is 5.91 Å². The molecule has 2 aromatic carbocycles. The fourth-order valence-corrected chi connectivity index (χ4v) is 3.07. The quantitative estimate of drug-likeness (QED) is 0.637. The van der Waals surface area contributed by atoms with Crippen molar-refractivity contribution in [1.29, 1.82) is 0 Å². The lowest BCUT2D eigenvalue weighted by molar-refractivity contribution is 0.0983. The fraction of sp³-hybridized carbons (Fsp3) is 0.227. The zero-order valence-electron chi connectivity index (χ0n) is 16.2. The van der Waals surface area contributed by atoms with Gasteiger partial charge in [0.2, 0.25) is 0 Å². The van der Waals surface area contributed by atoms with Crippen molar-refractivity contribution < 1.29 is 4.79 Å². The van der Waals surface area contributed by atoms with E-state index in [1.807, 2.05) is 62.4 Å². The number of nitrogens with one attached hydrogen (secondary N) is 1. The summed E-state index contributed by atoms with van der Waals surface area (Å²) in [5.74, 6) is 1.02. The van der Waals surface area contributed by atoms with Gasteiger partial charge in [0, 0.05) is 29.9 Å². The van der Waals surface area contributed by atoms with Gasteiger partial charge in [-0.1, -0.05) is 35.9 Å². The Morgan fingerprint density at radius 1 is 1.07 bits per heavy atom. The van der Waals surface area contributed by atoms with Gasteiger partial charge in [-0.05, 0) is 56.2 Å². The van der Waals surface area contributed by atoms with Crippen molar-refractivity contribution in [2.75, 3.05) is 16.8 Å². The Morgan fingerprint density at radius 3 is 2.50 bits per heavy atom. The first-order valence-electron chi connectivity index (χ1n) is 9.19. The maximum Gasteiger partial charge on any atom is 0.277 e. The number of aryl methyl sites for hydroxylation is 2. The number of carbonyl (C=O) groups is 1. The molecule has 0 bridgehead atoms. The summed E-state index contributed by atoms with van der Waals surface area (Å²) in [4.78, 5) is 23.6. The third-order valence-corrected chi connectivity index (χ3v) is 4.57. The third-order valence-electron chi connectivity index (χ3n) is 4.32. The summed E-state index contributed by atoms with van der Waals surface area (Å²) < 4.78 is 0. The van der Waals surface area contributed by atoms with Crippen LogP contribution in [0.1, 0.15) is 34.4 Å². The first-order chi connectivity index (χ1) is 13.5. The molecule has 1 N–H and O–H groups in total. The van der Waals surface area contributed by atoms with Crippen LogP contribution in [0.5, 0.6) is 0 Å². The number of halogens is 1. The predicted molar refractivity (Wildman–Crippen MR) is 114 cm³/mol. The van der Waals surface area contributed by atoms with E-state index in [0.717, 1.165) is 16.8 Å². The largest absolute Gasteiger partial charge is 0.366 e. The summed E-state index contributed by atoms with van der Waals surface area (Å²) >= 11 is 5.93. The number of rotatable bonds is 6. The van der Waals surface area contributed by atoms with Gasteiger partial charge in [0.15, 0.2) is 0 Å². The third kappa shape index (κ3) is 4.87. The molecule has 0 saturated heterocycles. The van der Waals surface area contributed by atoms with Crippen LogP contribution in [0, 0.1) is 13.8 Å². The molecule has 0 aliphatic heterocycles. The highest BCUT2D eigenvalue weighted by atomic mass is 35.5. The van der Waals surface area contributed by atoms with Gasteiger partial charge < -0.3 is 10.2 Å². The van der Waals surface area contributed by atoms with E-state index in [2.05, 4.69) is 15.3 Å². The minimum absolute atomic E-state index is 0.145. The van der Waals surface area contributed by atoms with E-state index < -0.39 is 0 Å². The summed E-state index contributed by atoms with van der Waals surface area (Å²) in [7, 11) is 0. The highest BCUT2D eigenvalue weighted by Crippen LogP contribution is 2.19. The van der Waals surface area contributed by atoms with Crippen LogP contribution in [-0.4, -0.2) is 22.4 Å². The summed E-state index contributed by atoms with van der Waals surface area (Å²) in [6.07, 6.45) is 0. The molecule has 1 aromatic heterocycles. The fourth-order valence-electron chi connectivity index (χ4n) is 2.94. The maximum absolute atomic E-state index is 13.1. The van der Waals surface area contributed by atoms with Crippen LogP contribution >= 0.6 is 11.6 Å². The minimum atomic E-state index is -0.145. The van der Waals surface area contributed by atoms with Crippen LogP contribution in [0.25, 0.3) is 0 Å². The van der Waals surface area contributed by atoms with Crippen molar-refractivity contribution in [3.8, 4) is 0 Å². The molecule has 5 nitrogen and oxygen atoms in total. The molecule has 28 heavy (non-hydrogen) atoms. The molecule has 0 unspecified atom stereocenters. The van der Waals surface area contributed by atoms with Gasteiger partial charge in [0.05, 0.1) is 0 Å². The summed E-state index contributed by atoms with van der Waals surface area (Å²) in [6, 6.07) is 17.2. The van der Waals surface area contributed by atoms with Crippen LogP contribution in [0.15, 0.2) is 54.6 Å². The highest BCUT2D eigenvalue weighted by Gasteiger charge is 2.19. The van der Waals surface area contributed by atoms with Crippen molar-refractivity contribution >= 4 is 29.0 Å². The Labute approximate surface area is 170 Å². The van der Waals surface area contributed by atoms with E-state index in [4.69, 9.17) is 11.6 Å². The molecule has 0 fully saturated rings. The van der Waals surface area contributed by atoms with E-state index in [0.29, 0.717) is 35.4 Å². The van der Waals surface area contributed by atoms with Gasteiger partial charge in [0.1, 0.15) is 17.3 Å². The number of amides is 1. The van der Waals surface area contributed by atoms with Crippen molar-refractivity contribution in [3.63, 3.8) is 0 Å². The Kier molecular flexibility index (Phi) is 6.26. The molecule has 3 rings (SSSR count). The van der Waals surface area contributed by atoms with Crippen LogP contribution in [0.4, 0.5) is 11.5 Å². The topological polar surface area (TPSA) is 58.1 Å². The molecular formula is C22H23ClN4O. The van der Waals surface area contributed by atoms with E-state index in [1.54, 1.807) is 17.9 Å². The Hall–Kier alpha value is -2.92.